The molecule has 1 rings (SSSR count). The smallest absolute Gasteiger partial charge is 0.309 e. The molecule has 0 bridgehead atoms. The molecule has 1 saturated heterocycles. The molecule has 15 heavy (non-hydrogen) atoms. The van der Waals surface area contributed by atoms with Crippen LogP contribution in [0.25, 0.3) is 0 Å². The second-order valence-corrected chi connectivity index (χ2v) is 4.64. The minimum absolute atomic E-state index is 0.0124. The molecule has 1 aliphatic rings. The van der Waals surface area contributed by atoms with Crippen molar-refractivity contribution in [2.75, 3.05) is 26.2 Å². The average molecular weight is 213 g/mol. The van der Waals surface area contributed by atoms with Gasteiger partial charge in [-0.2, -0.15) is 0 Å². The summed E-state index contributed by atoms with van der Waals surface area (Å²) in [7, 11) is 0. The molecule has 1 fully saturated rings. The van der Waals surface area contributed by atoms with E-state index in [9.17, 15) is 4.79 Å². The molecule has 88 valence electrons. The lowest BCUT2D eigenvalue weighted by Crippen LogP contribution is -2.38. The Bertz CT molecular complexity index is 198. The lowest BCUT2D eigenvalue weighted by Gasteiger charge is -2.31. The summed E-state index contributed by atoms with van der Waals surface area (Å²) in [6.45, 7) is 9.71. The fourth-order valence-electron chi connectivity index (χ4n) is 1.99. The third kappa shape index (κ3) is 4.20. The Hall–Kier alpha value is -0.570. The first kappa shape index (κ1) is 12.5. The topological polar surface area (TPSA) is 29.5 Å². The van der Waals surface area contributed by atoms with Crippen molar-refractivity contribution in [3.8, 4) is 0 Å². The number of ether oxygens (including phenoxy) is 1. The third-order valence-electron chi connectivity index (χ3n) is 3.10. The molecule has 1 unspecified atom stereocenters. The Morgan fingerprint density at radius 2 is 2.07 bits per heavy atom. The number of esters is 1. The highest BCUT2D eigenvalue weighted by atomic mass is 16.5. The Kier molecular flexibility index (Phi) is 5.09. The van der Waals surface area contributed by atoms with Crippen LogP contribution in [0, 0.1) is 11.8 Å². The fourth-order valence-corrected chi connectivity index (χ4v) is 1.99. The van der Waals surface area contributed by atoms with Crippen molar-refractivity contribution >= 4 is 5.97 Å². The van der Waals surface area contributed by atoms with Crippen molar-refractivity contribution in [3.05, 3.63) is 0 Å². The molecule has 0 aromatic carbocycles. The third-order valence-corrected chi connectivity index (χ3v) is 3.10. The summed E-state index contributed by atoms with van der Waals surface area (Å²) in [6, 6.07) is 0. The molecule has 0 saturated carbocycles. The van der Waals surface area contributed by atoms with Crippen molar-refractivity contribution in [2.24, 2.45) is 11.8 Å². The second kappa shape index (κ2) is 6.11. The molecular weight excluding hydrogens is 190 g/mol. The maximum absolute atomic E-state index is 11.4. The predicted molar refractivity (Wildman–Crippen MR) is 60.6 cm³/mol. The number of hydrogen-bond acceptors (Lipinski definition) is 3. The van der Waals surface area contributed by atoms with E-state index in [0.29, 0.717) is 6.61 Å². The van der Waals surface area contributed by atoms with E-state index in [-0.39, 0.29) is 11.9 Å². The van der Waals surface area contributed by atoms with Crippen LogP contribution in [0.4, 0.5) is 0 Å². The molecule has 0 amide bonds. The molecule has 1 heterocycles. The van der Waals surface area contributed by atoms with Gasteiger partial charge in [0.25, 0.3) is 0 Å². The molecule has 0 aromatic rings. The van der Waals surface area contributed by atoms with Crippen molar-refractivity contribution in [1.82, 2.24) is 4.90 Å². The second-order valence-electron chi connectivity index (χ2n) is 4.64. The van der Waals surface area contributed by atoms with E-state index in [4.69, 9.17) is 4.74 Å². The van der Waals surface area contributed by atoms with Gasteiger partial charge in [-0.05, 0) is 38.8 Å². The summed E-state index contributed by atoms with van der Waals surface area (Å²) < 4.78 is 5.00. The number of piperidine rings is 1. The minimum atomic E-state index is -0.0591. The quantitative estimate of drug-likeness (QED) is 0.668. The van der Waals surface area contributed by atoms with Gasteiger partial charge in [0.2, 0.25) is 0 Å². The van der Waals surface area contributed by atoms with Crippen LogP contribution < -0.4 is 0 Å². The molecule has 0 N–H and O–H groups in total. The number of nitrogens with zero attached hydrogens (tertiary/aromatic N) is 1. The molecule has 0 aromatic heterocycles. The normalized spacial score (nSPS) is 21.3. The summed E-state index contributed by atoms with van der Waals surface area (Å²) in [5.41, 5.74) is 0. The largest absolute Gasteiger partial charge is 0.466 e. The van der Waals surface area contributed by atoms with Crippen molar-refractivity contribution < 1.29 is 9.53 Å². The van der Waals surface area contributed by atoms with E-state index in [1.165, 1.54) is 12.8 Å². The van der Waals surface area contributed by atoms with Gasteiger partial charge >= 0.3 is 5.97 Å². The molecule has 0 spiro atoms. The summed E-state index contributed by atoms with van der Waals surface area (Å²) >= 11 is 0. The van der Waals surface area contributed by atoms with Crippen LogP contribution in [0.2, 0.25) is 0 Å². The van der Waals surface area contributed by atoms with Gasteiger partial charge in [-0.25, -0.2) is 0 Å². The summed E-state index contributed by atoms with van der Waals surface area (Å²) in [5, 5.41) is 0. The Morgan fingerprint density at radius 3 is 2.60 bits per heavy atom. The maximum atomic E-state index is 11.4. The van der Waals surface area contributed by atoms with Crippen LogP contribution in [-0.2, 0) is 9.53 Å². The van der Waals surface area contributed by atoms with Gasteiger partial charge in [-0.1, -0.05) is 13.8 Å². The van der Waals surface area contributed by atoms with E-state index in [1.54, 1.807) is 0 Å². The zero-order chi connectivity index (χ0) is 11.3. The van der Waals surface area contributed by atoms with Crippen LogP contribution in [0.5, 0.6) is 0 Å². The Balaban J connectivity index is 2.25. The van der Waals surface area contributed by atoms with Crippen LogP contribution in [0.15, 0.2) is 0 Å². The van der Waals surface area contributed by atoms with Crippen LogP contribution >= 0.6 is 0 Å². The van der Waals surface area contributed by atoms with E-state index in [1.807, 2.05) is 13.8 Å². The van der Waals surface area contributed by atoms with E-state index in [0.717, 1.165) is 25.6 Å². The summed E-state index contributed by atoms with van der Waals surface area (Å²) in [4.78, 5) is 13.8. The lowest BCUT2D eigenvalue weighted by molar-refractivity contribution is -0.148. The van der Waals surface area contributed by atoms with E-state index < -0.39 is 0 Å². The van der Waals surface area contributed by atoms with Crippen LogP contribution in [0.3, 0.4) is 0 Å². The maximum Gasteiger partial charge on any atom is 0.309 e. The monoisotopic (exact) mass is 213 g/mol. The van der Waals surface area contributed by atoms with Crippen LogP contribution in [-0.4, -0.2) is 37.1 Å². The van der Waals surface area contributed by atoms with Gasteiger partial charge in [0.1, 0.15) is 0 Å². The Labute approximate surface area is 92.8 Å². The van der Waals surface area contributed by atoms with Gasteiger partial charge in [0.15, 0.2) is 0 Å². The molecular formula is C12H23NO2. The highest BCUT2D eigenvalue weighted by molar-refractivity contribution is 5.72. The lowest BCUT2D eigenvalue weighted by atomic mass is 9.98. The first-order chi connectivity index (χ1) is 7.13. The summed E-state index contributed by atoms with van der Waals surface area (Å²) in [5.74, 6) is 0.800. The molecule has 1 atom stereocenters. The fraction of sp³-hybridized carbons (Fsp3) is 0.917. The summed E-state index contributed by atoms with van der Waals surface area (Å²) in [6.07, 6.45) is 2.52. The van der Waals surface area contributed by atoms with E-state index >= 15 is 0 Å². The Morgan fingerprint density at radius 1 is 1.47 bits per heavy atom. The number of hydrogen-bond donors (Lipinski definition) is 0. The highest BCUT2D eigenvalue weighted by Crippen LogP contribution is 2.17. The van der Waals surface area contributed by atoms with Gasteiger partial charge in [-0.3, -0.25) is 4.79 Å². The zero-order valence-electron chi connectivity index (χ0n) is 10.2. The first-order valence-corrected chi connectivity index (χ1v) is 6.02. The minimum Gasteiger partial charge on any atom is -0.466 e. The molecule has 1 aliphatic heterocycles. The molecule has 3 heteroatoms. The average Bonchev–Trinajstić information content (AvgIpc) is 2.22. The van der Waals surface area contributed by atoms with Crippen molar-refractivity contribution in [2.45, 2.75) is 33.6 Å². The first-order valence-electron chi connectivity index (χ1n) is 6.02. The van der Waals surface area contributed by atoms with Crippen LogP contribution in [0.1, 0.15) is 33.6 Å². The zero-order valence-corrected chi connectivity index (χ0v) is 10.2. The highest BCUT2D eigenvalue weighted by Gasteiger charge is 2.21. The van der Waals surface area contributed by atoms with Crippen molar-refractivity contribution in [1.29, 1.82) is 0 Å². The number of likely N-dealkylation sites (tertiary alicyclic amines) is 1. The van der Waals surface area contributed by atoms with Gasteiger partial charge in [0.05, 0.1) is 12.5 Å². The SMILES string of the molecule is CCOC(=O)C(C)CN1CCC(C)CC1. The number of carbonyl (C=O) groups excluding carboxylic acids is 1. The van der Waals surface area contributed by atoms with Gasteiger partial charge in [0, 0.05) is 6.54 Å². The number of carbonyl (C=O) groups is 1. The molecule has 0 radical (unpaired) electrons. The molecule has 0 aliphatic carbocycles. The van der Waals surface area contributed by atoms with E-state index in [2.05, 4.69) is 11.8 Å². The van der Waals surface area contributed by atoms with Gasteiger partial charge in [-0.15, -0.1) is 0 Å². The number of rotatable bonds is 4. The van der Waals surface area contributed by atoms with Gasteiger partial charge < -0.3 is 9.64 Å². The van der Waals surface area contributed by atoms with Crippen molar-refractivity contribution in [3.63, 3.8) is 0 Å². The predicted octanol–water partition coefficient (Wildman–Crippen LogP) is 1.92. The standard InChI is InChI=1S/C12H23NO2/c1-4-15-12(14)11(3)9-13-7-5-10(2)6-8-13/h10-11H,4-9H2,1-3H3. The molecule has 3 nitrogen and oxygen atoms in total.